The standard InChI is InChI=1S/C20H22N2O3S/c23-19(22-13-20(14-22)9-10-25-15-20)21-17-6-4-5-16(11-17)12-26(24)18-7-2-1-3-8-18/h1-8,11H,9-10,12-15H2,(H,21,23). The molecule has 2 aliphatic rings. The number of urea groups is 1. The van der Waals surface area contributed by atoms with Crippen LogP contribution < -0.4 is 5.32 Å². The van der Waals surface area contributed by atoms with Gasteiger partial charge in [-0.1, -0.05) is 30.3 Å². The molecule has 1 unspecified atom stereocenters. The summed E-state index contributed by atoms with van der Waals surface area (Å²) in [6.45, 7) is 3.08. The van der Waals surface area contributed by atoms with Crippen molar-refractivity contribution in [1.82, 2.24) is 4.90 Å². The Morgan fingerprint density at radius 3 is 2.69 bits per heavy atom. The highest BCUT2D eigenvalue weighted by molar-refractivity contribution is 7.84. The van der Waals surface area contributed by atoms with Gasteiger partial charge in [-0.2, -0.15) is 0 Å². The molecule has 4 rings (SSSR count). The Kier molecular flexibility index (Phi) is 4.78. The summed E-state index contributed by atoms with van der Waals surface area (Å²) in [6.07, 6.45) is 1.04. The lowest BCUT2D eigenvalue weighted by Crippen LogP contribution is -2.59. The van der Waals surface area contributed by atoms with Crippen LogP contribution in [-0.4, -0.2) is 41.4 Å². The number of benzene rings is 2. The van der Waals surface area contributed by atoms with Crippen molar-refractivity contribution in [2.75, 3.05) is 31.6 Å². The maximum atomic E-state index is 12.5. The molecular formula is C20H22N2O3S. The molecule has 26 heavy (non-hydrogen) atoms. The number of nitrogens with zero attached hydrogens (tertiary/aromatic N) is 1. The van der Waals surface area contributed by atoms with Crippen molar-refractivity contribution in [3.05, 3.63) is 60.2 Å². The smallest absolute Gasteiger partial charge is 0.321 e. The molecule has 0 saturated carbocycles. The molecule has 1 spiro atoms. The number of amides is 2. The van der Waals surface area contributed by atoms with Crippen molar-refractivity contribution in [1.29, 1.82) is 0 Å². The van der Waals surface area contributed by atoms with Gasteiger partial charge in [0.2, 0.25) is 0 Å². The molecule has 2 saturated heterocycles. The fourth-order valence-electron chi connectivity index (χ4n) is 3.55. The Hall–Kier alpha value is -2.18. The molecule has 0 bridgehead atoms. The molecule has 2 heterocycles. The second kappa shape index (κ2) is 7.21. The Morgan fingerprint density at radius 1 is 1.15 bits per heavy atom. The average molecular weight is 370 g/mol. The van der Waals surface area contributed by atoms with E-state index >= 15 is 0 Å². The van der Waals surface area contributed by atoms with E-state index in [0.29, 0.717) is 5.75 Å². The van der Waals surface area contributed by atoms with Crippen LogP contribution in [0.3, 0.4) is 0 Å². The van der Waals surface area contributed by atoms with Crippen molar-refractivity contribution < 1.29 is 13.7 Å². The quantitative estimate of drug-likeness (QED) is 0.899. The fraction of sp³-hybridized carbons (Fsp3) is 0.350. The van der Waals surface area contributed by atoms with Crippen molar-refractivity contribution in [2.45, 2.75) is 17.1 Å². The van der Waals surface area contributed by atoms with Gasteiger partial charge >= 0.3 is 6.03 Å². The maximum Gasteiger partial charge on any atom is 0.321 e. The molecule has 2 aromatic carbocycles. The first-order valence-electron chi connectivity index (χ1n) is 8.80. The summed E-state index contributed by atoms with van der Waals surface area (Å²) in [7, 11) is -1.10. The van der Waals surface area contributed by atoms with Crippen LogP contribution in [0.5, 0.6) is 0 Å². The number of hydrogen-bond acceptors (Lipinski definition) is 3. The van der Waals surface area contributed by atoms with Crippen LogP contribution in [0, 0.1) is 5.41 Å². The van der Waals surface area contributed by atoms with Crippen LogP contribution in [-0.2, 0) is 21.3 Å². The monoisotopic (exact) mass is 370 g/mol. The molecule has 2 aromatic rings. The summed E-state index contributed by atoms with van der Waals surface area (Å²) in [4.78, 5) is 15.0. The van der Waals surface area contributed by atoms with Crippen molar-refractivity contribution in [2.24, 2.45) is 5.41 Å². The first-order chi connectivity index (χ1) is 12.6. The maximum absolute atomic E-state index is 12.5. The number of anilines is 1. The van der Waals surface area contributed by atoms with Gasteiger partial charge < -0.3 is 15.0 Å². The lowest BCUT2D eigenvalue weighted by Gasteiger charge is -2.46. The summed E-state index contributed by atoms with van der Waals surface area (Å²) in [5, 5.41) is 2.95. The highest BCUT2D eigenvalue weighted by atomic mass is 32.2. The molecular weight excluding hydrogens is 348 g/mol. The molecule has 2 amide bonds. The van der Waals surface area contributed by atoms with Gasteiger partial charge in [0.25, 0.3) is 0 Å². The average Bonchev–Trinajstić information content (AvgIpc) is 3.12. The topological polar surface area (TPSA) is 58.6 Å². The third kappa shape index (κ3) is 3.66. The largest absolute Gasteiger partial charge is 0.381 e. The van der Waals surface area contributed by atoms with Crippen LogP contribution in [0.2, 0.25) is 0 Å². The fourth-order valence-corrected chi connectivity index (χ4v) is 4.66. The highest BCUT2D eigenvalue weighted by Gasteiger charge is 2.47. The zero-order valence-corrected chi connectivity index (χ0v) is 15.3. The number of hydrogen-bond donors (Lipinski definition) is 1. The van der Waals surface area contributed by atoms with Gasteiger partial charge in [0.15, 0.2) is 0 Å². The molecule has 2 aliphatic heterocycles. The minimum absolute atomic E-state index is 0.0798. The number of carbonyl (C=O) groups excluding carboxylic acids is 1. The lowest BCUT2D eigenvalue weighted by molar-refractivity contribution is 0.0255. The van der Waals surface area contributed by atoms with Crippen LogP contribution in [0.4, 0.5) is 10.5 Å². The van der Waals surface area contributed by atoms with Crippen LogP contribution in [0.15, 0.2) is 59.5 Å². The molecule has 1 atom stereocenters. The zero-order valence-electron chi connectivity index (χ0n) is 14.5. The minimum atomic E-state index is -1.10. The molecule has 6 heteroatoms. The van der Waals surface area contributed by atoms with Gasteiger partial charge in [-0.15, -0.1) is 0 Å². The summed E-state index contributed by atoms with van der Waals surface area (Å²) >= 11 is 0. The second-order valence-corrected chi connectivity index (χ2v) is 8.54. The Morgan fingerprint density at radius 2 is 1.96 bits per heavy atom. The number of likely N-dealkylation sites (tertiary alicyclic amines) is 1. The molecule has 0 aliphatic carbocycles. The van der Waals surface area contributed by atoms with E-state index in [0.717, 1.165) is 48.9 Å². The van der Waals surface area contributed by atoms with Crippen molar-refractivity contribution >= 4 is 22.5 Å². The second-order valence-electron chi connectivity index (χ2n) is 7.09. The van der Waals surface area contributed by atoms with Gasteiger partial charge in [0.1, 0.15) is 0 Å². The van der Waals surface area contributed by atoms with Crippen LogP contribution in [0.1, 0.15) is 12.0 Å². The van der Waals surface area contributed by atoms with Crippen LogP contribution >= 0.6 is 0 Å². The molecule has 136 valence electrons. The molecule has 0 aromatic heterocycles. The van der Waals surface area contributed by atoms with E-state index in [4.69, 9.17) is 4.74 Å². The third-order valence-electron chi connectivity index (χ3n) is 5.01. The first kappa shape index (κ1) is 17.2. The van der Waals surface area contributed by atoms with E-state index in [9.17, 15) is 9.00 Å². The van der Waals surface area contributed by atoms with Crippen LogP contribution in [0.25, 0.3) is 0 Å². The third-order valence-corrected chi connectivity index (χ3v) is 6.40. The van der Waals surface area contributed by atoms with E-state index in [1.54, 1.807) is 0 Å². The number of carbonyl (C=O) groups is 1. The summed E-state index contributed by atoms with van der Waals surface area (Å²) in [5.41, 5.74) is 1.86. The minimum Gasteiger partial charge on any atom is -0.381 e. The van der Waals surface area contributed by atoms with Gasteiger partial charge in [-0.05, 0) is 36.2 Å². The van der Waals surface area contributed by atoms with E-state index in [2.05, 4.69) is 5.32 Å². The Balaban J connectivity index is 1.35. The lowest BCUT2D eigenvalue weighted by atomic mass is 9.79. The summed E-state index contributed by atoms with van der Waals surface area (Å²) < 4.78 is 17.9. The van der Waals surface area contributed by atoms with E-state index in [1.165, 1.54) is 0 Å². The zero-order chi connectivity index (χ0) is 18.0. The van der Waals surface area contributed by atoms with Gasteiger partial charge in [0.05, 0.1) is 23.2 Å². The predicted molar refractivity (Wildman–Crippen MR) is 101 cm³/mol. The molecule has 2 fully saturated rings. The number of ether oxygens (including phenoxy) is 1. The first-order valence-corrected chi connectivity index (χ1v) is 10.1. The van der Waals surface area contributed by atoms with E-state index in [-0.39, 0.29) is 11.4 Å². The molecule has 1 N–H and O–H groups in total. The van der Waals surface area contributed by atoms with E-state index in [1.807, 2.05) is 59.5 Å². The Bertz CT molecular complexity index is 811. The van der Waals surface area contributed by atoms with Crippen molar-refractivity contribution in [3.8, 4) is 0 Å². The molecule has 5 nitrogen and oxygen atoms in total. The normalized spacial score (nSPS) is 19.2. The molecule has 0 radical (unpaired) electrons. The number of nitrogens with one attached hydrogen (secondary N) is 1. The Labute approximate surface area is 155 Å². The van der Waals surface area contributed by atoms with E-state index < -0.39 is 10.8 Å². The van der Waals surface area contributed by atoms with Crippen molar-refractivity contribution in [3.63, 3.8) is 0 Å². The summed E-state index contributed by atoms with van der Waals surface area (Å²) in [5.74, 6) is 0.428. The summed E-state index contributed by atoms with van der Waals surface area (Å²) in [6, 6.07) is 16.9. The number of rotatable bonds is 4. The van der Waals surface area contributed by atoms with Gasteiger partial charge in [-0.25, -0.2) is 4.79 Å². The van der Waals surface area contributed by atoms with Gasteiger partial charge in [-0.3, -0.25) is 4.21 Å². The van der Waals surface area contributed by atoms with Gasteiger partial charge in [0, 0.05) is 35.7 Å². The SMILES string of the molecule is O=C(Nc1cccc(CS(=O)c2ccccc2)c1)N1CC2(CCOC2)C1. The predicted octanol–water partition coefficient (Wildman–Crippen LogP) is 3.25. The highest BCUT2D eigenvalue weighted by Crippen LogP contribution is 2.38.